The highest BCUT2D eigenvalue weighted by Gasteiger charge is 2.17. The molecular formula is C24H25ClN4O2. The Kier molecular flexibility index (Phi) is 6.00. The summed E-state index contributed by atoms with van der Waals surface area (Å²) >= 11 is 5.99. The Bertz CT molecular complexity index is 1120. The van der Waals surface area contributed by atoms with Crippen molar-refractivity contribution in [2.45, 2.75) is 25.9 Å². The third-order valence-corrected chi connectivity index (χ3v) is 5.67. The number of nitrogens with two attached hydrogens (primary N) is 1. The smallest absolute Gasteiger partial charge is 0.255 e. The van der Waals surface area contributed by atoms with Crippen molar-refractivity contribution in [1.29, 1.82) is 0 Å². The van der Waals surface area contributed by atoms with Crippen LogP contribution in [-0.4, -0.2) is 24.5 Å². The first-order chi connectivity index (χ1) is 14.9. The molecule has 160 valence electrons. The second-order valence-electron chi connectivity index (χ2n) is 7.75. The molecule has 0 saturated heterocycles. The van der Waals surface area contributed by atoms with E-state index in [1.807, 2.05) is 43.3 Å². The topological polar surface area (TPSA) is 80.5 Å². The zero-order valence-electron chi connectivity index (χ0n) is 17.6. The Balaban J connectivity index is 1.49. The number of carbonyl (C=O) groups is 1. The van der Waals surface area contributed by atoms with Gasteiger partial charge >= 0.3 is 0 Å². The van der Waals surface area contributed by atoms with Gasteiger partial charge in [0.05, 0.1) is 5.02 Å². The molecule has 2 heterocycles. The largest absolute Gasteiger partial charge is 0.482 e. The summed E-state index contributed by atoms with van der Waals surface area (Å²) in [7, 11) is 2.06. The predicted octanol–water partition coefficient (Wildman–Crippen LogP) is 5.09. The highest BCUT2D eigenvalue weighted by molar-refractivity contribution is 6.30. The van der Waals surface area contributed by atoms with Crippen LogP contribution in [0.4, 0.5) is 17.2 Å². The van der Waals surface area contributed by atoms with Crippen LogP contribution in [0, 0.1) is 0 Å². The van der Waals surface area contributed by atoms with Crippen molar-refractivity contribution < 1.29 is 9.53 Å². The van der Waals surface area contributed by atoms with E-state index in [1.165, 1.54) is 11.8 Å². The molecule has 2 aromatic carbocycles. The van der Waals surface area contributed by atoms with Crippen LogP contribution in [0.15, 0.2) is 54.7 Å². The molecule has 31 heavy (non-hydrogen) atoms. The molecule has 0 bridgehead atoms. The zero-order valence-corrected chi connectivity index (χ0v) is 18.3. The Morgan fingerprint density at radius 1 is 1.26 bits per heavy atom. The number of nitrogen functional groups attached to an aromatic ring is 1. The fourth-order valence-electron chi connectivity index (χ4n) is 3.76. The van der Waals surface area contributed by atoms with Crippen molar-refractivity contribution >= 4 is 34.7 Å². The zero-order chi connectivity index (χ0) is 22.0. The van der Waals surface area contributed by atoms with Crippen LogP contribution in [0.2, 0.25) is 5.02 Å². The van der Waals surface area contributed by atoms with Crippen LogP contribution < -0.4 is 20.7 Å². The predicted molar refractivity (Wildman–Crippen MR) is 125 cm³/mol. The maximum absolute atomic E-state index is 12.9. The first kappa shape index (κ1) is 21.0. The molecule has 1 aliphatic heterocycles. The Morgan fingerprint density at radius 2 is 2.10 bits per heavy atom. The summed E-state index contributed by atoms with van der Waals surface area (Å²) in [5.74, 6) is 0.557. The van der Waals surface area contributed by atoms with Crippen LogP contribution in [0.5, 0.6) is 5.75 Å². The lowest BCUT2D eigenvalue weighted by molar-refractivity contribution is 0.102. The van der Waals surface area contributed by atoms with E-state index in [9.17, 15) is 4.79 Å². The normalized spacial score (nSPS) is 14.0. The van der Waals surface area contributed by atoms with Gasteiger partial charge < -0.3 is 20.7 Å². The van der Waals surface area contributed by atoms with Gasteiger partial charge in [-0.1, -0.05) is 29.8 Å². The van der Waals surface area contributed by atoms with Crippen LogP contribution >= 0.6 is 11.6 Å². The number of nitrogens with one attached hydrogen (secondary N) is 1. The molecule has 1 aliphatic rings. The Labute approximate surface area is 187 Å². The van der Waals surface area contributed by atoms with Crippen LogP contribution in [0.3, 0.4) is 0 Å². The number of ether oxygens (including phenoxy) is 1. The number of amides is 1. The molecule has 0 spiro atoms. The average Bonchev–Trinajstić information content (AvgIpc) is 2.76. The van der Waals surface area contributed by atoms with Gasteiger partial charge in [0, 0.05) is 42.8 Å². The summed E-state index contributed by atoms with van der Waals surface area (Å²) in [6.45, 7) is 2.91. The van der Waals surface area contributed by atoms with Crippen molar-refractivity contribution in [3.63, 3.8) is 0 Å². The van der Waals surface area contributed by atoms with Gasteiger partial charge in [-0.15, -0.1) is 0 Å². The van der Waals surface area contributed by atoms with Gasteiger partial charge in [0.2, 0.25) is 0 Å². The molecule has 1 atom stereocenters. The number of hydrogen-bond donors (Lipinski definition) is 2. The van der Waals surface area contributed by atoms with Crippen molar-refractivity contribution in [3.8, 4) is 5.75 Å². The van der Waals surface area contributed by atoms with Crippen molar-refractivity contribution in [2.75, 3.05) is 29.5 Å². The van der Waals surface area contributed by atoms with Gasteiger partial charge in [0.25, 0.3) is 5.91 Å². The lowest BCUT2D eigenvalue weighted by atomic mass is 9.99. The molecule has 6 nitrogen and oxygen atoms in total. The van der Waals surface area contributed by atoms with E-state index in [-0.39, 0.29) is 17.8 Å². The molecule has 1 aromatic heterocycles. The van der Waals surface area contributed by atoms with Crippen LogP contribution in [0.25, 0.3) is 0 Å². The standard InChI is InChI=1S/C24H25ClN4O2/c1-15(31-22-13-19(25)14-27-23(22)26)17-5-3-7-20(11-17)28-24(30)18-9-8-16-6-4-10-29(2)21(16)12-18/h3,5,7-9,11-15H,4,6,10H2,1-2H3,(H2,26,27)(H,28,30). The number of fused-ring (bicyclic) bond motifs is 1. The first-order valence-electron chi connectivity index (χ1n) is 10.2. The summed E-state index contributed by atoms with van der Waals surface area (Å²) in [6.07, 6.45) is 3.35. The summed E-state index contributed by atoms with van der Waals surface area (Å²) in [6, 6.07) is 15.1. The number of carbonyl (C=O) groups excluding carboxylic acids is 1. The lowest BCUT2D eigenvalue weighted by Gasteiger charge is -2.27. The number of hydrogen-bond acceptors (Lipinski definition) is 5. The summed E-state index contributed by atoms with van der Waals surface area (Å²) < 4.78 is 5.94. The minimum absolute atomic E-state index is 0.143. The number of halogens is 1. The summed E-state index contributed by atoms with van der Waals surface area (Å²) in [4.78, 5) is 19.1. The van der Waals surface area contributed by atoms with Gasteiger partial charge in [-0.05, 0) is 55.2 Å². The molecule has 3 N–H and O–H groups in total. The van der Waals surface area contributed by atoms with E-state index < -0.39 is 0 Å². The van der Waals surface area contributed by atoms with E-state index in [4.69, 9.17) is 22.1 Å². The van der Waals surface area contributed by atoms with Gasteiger partial charge in [0.15, 0.2) is 11.6 Å². The van der Waals surface area contributed by atoms with E-state index in [2.05, 4.69) is 28.3 Å². The maximum atomic E-state index is 12.9. The minimum Gasteiger partial charge on any atom is -0.482 e. The van der Waals surface area contributed by atoms with Crippen molar-refractivity contribution in [2.24, 2.45) is 0 Å². The lowest BCUT2D eigenvalue weighted by Crippen LogP contribution is -2.25. The second-order valence-corrected chi connectivity index (χ2v) is 8.18. The minimum atomic E-state index is -0.309. The summed E-state index contributed by atoms with van der Waals surface area (Å²) in [5.41, 5.74) is 10.5. The number of aromatic nitrogens is 1. The van der Waals surface area contributed by atoms with Crippen molar-refractivity contribution in [3.05, 3.63) is 76.4 Å². The monoisotopic (exact) mass is 436 g/mol. The fourth-order valence-corrected chi connectivity index (χ4v) is 3.90. The highest BCUT2D eigenvalue weighted by atomic mass is 35.5. The first-order valence-corrected chi connectivity index (χ1v) is 10.6. The van der Waals surface area contributed by atoms with Crippen molar-refractivity contribution in [1.82, 2.24) is 4.98 Å². The molecule has 3 aromatic rings. The molecule has 0 radical (unpaired) electrons. The van der Waals surface area contributed by atoms with E-state index in [0.29, 0.717) is 22.0 Å². The van der Waals surface area contributed by atoms with Gasteiger partial charge in [-0.2, -0.15) is 0 Å². The molecular weight excluding hydrogens is 412 g/mol. The molecule has 1 amide bonds. The summed E-state index contributed by atoms with van der Waals surface area (Å²) in [5, 5.41) is 3.44. The van der Waals surface area contributed by atoms with Crippen LogP contribution in [0.1, 0.15) is 40.9 Å². The van der Waals surface area contributed by atoms with E-state index in [1.54, 1.807) is 6.07 Å². The molecule has 1 unspecified atom stereocenters. The molecule has 4 rings (SSSR count). The SMILES string of the molecule is CC(Oc1cc(Cl)cnc1N)c1cccc(NC(=O)c2ccc3c(c2)N(C)CCC3)c1. The van der Waals surface area contributed by atoms with Gasteiger partial charge in [0.1, 0.15) is 6.10 Å². The molecule has 0 aliphatic carbocycles. The van der Waals surface area contributed by atoms with Gasteiger partial charge in [-0.25, -0.2) is 4.98 Å². The fraction of sp³-hybridized carbons (Fsp3) is 0.250. The molecule has 0 fully saturated rings. The van der Waals surface area contributed by atoms with Gasteiger partial charge in [-0.3, -0.25) is 4.79 Å². The number of anilines is 3. The van der Waals surface area contributed by atoms with E-state index in [0.717, 1.165) is 30.6 Å². The Hall–Kier alpha value is -3.25. The maximum Gasteiger partial charge on any atom is 0.255 e. The highest BCUT2D eigenvalue weighted by Crippen LogP contribution is 2.30. The van der Waals surface area contributed by atoms with E-state index >= 15 is 0 Å². The molecule has 7 heteroatoms. The number of aryl methyl sites for hydroxylation is 1. The third-order valence-electron chi connectivity index (χ3n) is 5.46. The number of pyridine rings is 1. The quantitative estimate of drug-likeness (QED) is 0.582. The number of nitrogens with zero attached hydrogens (tertiary/aromatic N) is 2. The Morgan fingerprint density at radius 3 is 2.94 bits per heavy atom. The van der Waals surface area contributed by atoms with Crippen LogP contribution in [-0.2, 0) is 6.42 Å². The third kappa shape index (κ3) is 4.75. The number of rotatable bonds is 5. The second kappa shape index (κ2) is 8.86. The average molecular weight is 437 g/mol. The number of benzene rings is 2. The molecule has 0 saturated carbocycles.